The van der Waals surface area contributed by atoms with Crippen LogP contribution in [0.3, 0.4) is 0 Å². The summed E-state index contributed by atoms with van der Waals surface area (Å²) >= 11 is 0. The molecule has 0 amide bonds. The molecule has 0 atom stereocenters. The number of aromatic nitrogens is 1. The molecule has 2 rings (SSSR count). The zero-order valence-electron chi connectivity index (χ0n) is 9.11. The first-order chi connectivity index (χ1) is 7.24. The van der Waals surface area contributed by atoms with Crippen molar-refractivity contribution >= 4 is 5.82 Å². The second-order valence-corrected chi connectivity index (χ2v) is 4.31. The average molecular weight is 206 g/mol. The van der Waals surface area contributed by atoms with Crippen molar-refractivity contribution in [1.82, 2.24) is 4.98 Å². The van der Waals surface area contributed by atoms with Crippen molar-refractivity contribution in [1.29, 1.82) is 0 Å². The van der Waals surface area contributed by atoms with Crippen molar-refractivity contribution in [3.63, 3.8) is 0 Å². The molecule has 1 heterocycles. The number of anilines is 1. The molecule has 2 N–H and O–H groups in total. The highest BCUT2D eigenvalue weighted by Crippen LogP contribution is 2.21. The molecular weight excluding hydrogens is 188 g/mol. The van der Waals surface area contributed by atoms with Crippen molar-refractivity contribution in [2.24, 2.45) is 0 Å². The standard InChI is InChI=1S/C12H18N2O/c1-9-3-2-4-12(13-9)14-10-5-7-11(15)8-6-10/h2-4,10-11,15H,5-8H2,1H3,(H,13,14)/t10-,11-. The number of aryl methyl sites for hydroxylation is 1. The van der Waals surface area contributed by atoms with Gasteiger partial charge in [-0.25, -0.2) is 4.98 Å². The van der Waals surface area contributed by atoms with Crippen LogP contribution in [0.2, 0.25) is 0 Å². The molecule has 1 aliphatic carbocycles. The Bertz CT molecular complexity index is 319. The molecule has 0 saturated heterocycles. The van der Waals surface area contributed by atoms with Crippen LogP contribution < -0.4 is 5.32 Å². The van der Waals surface area contributed by atoms with Crippen LogP contribution in [0, 0.1) is 6.92 Å². The molecule has 3 nitrogen and oxygen atoms in total. The minimum atomic E-state index is -0.0893. The van der Waals surface area contributed by atoms with E-state index in [1.165, 1.54) is 0 Å². The molecule has 0 aromatic carbocycles. The van der Waals surface area contributed by atoms with Crippen LogP contribution in [0.1, 0.15) is 31.4 Å². The summed E-state index contributed by atoms with van der Waals surface area (Å²) in [6, 6.07) is 6.48. The van der Waals surface area contributed by atoms with Gasteiger partial charge in [-0.2, -0.15) is 0 Å². The van der Waals surface area contributed by atoms with Gasteiger partial charge in [0.05, 0.1) is 6.10 Å². The predicted octanol–water partition coefficient (Wildman–Crippen LogP) is 2.11. The maximum atomic E-state index is 9.39. The van der Waals surface area contributed by atoms with Crippen LogP contribution in [0.15, 0.2) is 18.2 Å². The van der Waals surface area contributed by atoms with E-state index in [-0.39, 0.29) is 6.10 Å². The summed E-state index contributed by atoms with van der Waals surface area (Å²) in [5, 5.41) is 12.8. The summed E-state index contributed by atoms with van der Waals surface area (Å²) in [6.45, 7) is 2.00. The Balaban J connectivity index is 1.92. The third-order valence-electron chi connectivity index (χ3n) is 2.94. The Morgan fingerprint density at radius 2 is 2.00 bits per heavy atom. The smallest absolute Gasteiger partial charge is 0.126 e. The van der Waals surface area contributed by atoms with Gasteiger partial charge in [0.25, 0.3) is 0 Å². The van der Waals surface area contributed by atoms with E-state index in [1.807, 2.05) is 25.1 Å². The Morgan fingerprint density at radius 3 is 2.67 bits per heavy atom. The number of nitrogens with zero attached hydrogens (tertiary/aromatic N) is 1. The normalized spacial score (nSPS) is 26.3. The van der Waals surface area contributed by atoms with Gasteiger partial charge >= 0.3 is 0 Å². The Labute approximate surface area is 90.5 Å². The number of aliphatic hydroxyl groups excluding tert-OH is 1. The first kappa shape index (κ1) is 10.4. The van der Waals surface area contributed by atoms with E-state index >= 15 is 0 Å². The molecule has 0 unspecified atom stereocenters. The van der Waals surface area contributed by atoms with Crippen LogP contribution >= 0.6 is 0 Å². The van der Waals surface area contributed by atoms with E-state index in [0.717, 1.165) is 37.2 Å². The molecule has 1 aliphatic rings. The van der Waals surface area contributed by atoms with Crippen molar-refractivity contribution in [3.05, 3.63) is 23.9 Å². The maximum absolute atomic E-state index is 9.39. The quantitative estimate of drug-likeness (QED) is 0.779. The van der Waals surface area contributed by atoms with E-state index in [4.69, 9.17) is 0 Å². The van der Waals surface area contributed by atoms with Crippen LogP contribution in [0.4, 0.5) is 5.82 Å². The molecule has 15 heavy (non-hydrogen) atoms. The highest BCUT2D eigenvalue weighted by atomic mass is 16.3. The number of rotatable bonds is 2. The van der Waals surface area contributed by atoms with Gasteiger partial charge in [-0.15, -0.1) is 0 Å². The highest BCUT2D eigenvalue weighted by molar-refractivity contribution is 5.36. The van der Waals surface area contributed by atoms with Gasteiger partial charge in [-0.1, -0.05) is 6.07 Å². The summed E-state index contributed by atoms with van der Waals surface area (Å²) in [6.07, 6.45) is 3.80. The lowest BCUT2D eigenvalue weighted by Gasteiger charge is -2.26. The first-order valence-corrected chi connectivity index (χ1v) is 5.62. The Morgan fingerprint density at radius 1 is 1.27 bits per heavy atom. The molecule has 1 aromatic heterocycles. The Kier molecular flexibility index (Phi) is 3.21. The molecule has 1 saturated carbocycles. The first-order valence-electron chi connectivity index (χ1n) is 5.62. The van der Waals surface area contributed by atoms with E-state index in [1.54, 1.807) is 0 Å². The maximum Gasteiger partial charge on any atom is 0.126 e. The van der Waals surface area contributed by atoms with E-state index < -0.39 is 0 Å². The van der Waals surface area contributed by atoms with Gasteiger partial charge in [0.15, 0.2) is 0 Å². The molecule has 0 bridgehead atoms. The zero-order valence-corrected chi connectivity index (χ0v) is 9.11. The van der Waals surface area contributed by atoms with Gasteiger partial charge in [-0.3, -0.25) is 0 Å². The van der Waals surface area contributed by atoms with E-state index in [2.05, 4.69) is 10.3 Å². The van der Waals surface area contributed by atoms with Gasteiger partial charge < -0.3 is 10.4 Å². The molecule has 1 fully saturated rings. The number of hydrogen-bond donors (Lipinski definition) is 2. The van der Waals surface area contributed by atoms with Crippen LogP contribution in [0.5, 0.6) is 0 Å². The third-order valence-corrected chi connectivity index (χ3v) is 2.94. The molecule has 82 valence electrons. The molecule has 1 aromatic rings. The van der Waals surface area contributed by atoms with Crippen molar-refractivity contribution in [3.8, 4) is 0 Å². The molecular formula is C12H18N2O. The number of pyridine rings is 1. The topological polar surface area (TPSA) is 45.1 Å². The number of aliphatic hydroxyl groups is 1. The monoisotopic (exact) mass is 206 g/mol. The fraction of sp³-hybridized carbons (Fsp3) is 0.583. The predicted molar refractivity (Wildman–Crippen MR) is 60.9 cm³/mol. The van der Waals surface area contributed by atoms with Gasteiger partial charge in [0.2, 0.25) is 0 Å². The number of hydrogen-bond acceptors (Lipinski definition) is 3. The van der Waals surface area contributed by atoms with E-state index in [0.29, 0.717) is 6.04 Å². The lowest BCUT2D eigenvalue weighted by Crippen LogP contribution is -2.28. The summed E-state index contributed by atoms with van der Waals surface area (Å²) in [7, 11) is 0. The minimum Gasteiger partial charge on any atom is -0.393 e. The molecule has 3 heteroatoms. The molecule has 0 aliphatic heterocycles. The minimum absolute atomic E-state index is 0.0893. The molecule has 0 spiro atoms. The summed E-state index contributed by atoms with van der Waals surface area (Å²) in [5.74, 6) is 0.955. The van der Waals surface area contributed by atoms with E-state index in [9.17, 15) is 5.11 Å². The van der Waals surface area contributed by atoms with Crippen LogP contribution in [0.25, 0.3) is 0 Å². The Hall–Kier alpha value is -1.09. The van der Waals surface area contributed by atoms with Crippen molar-refractivity contribution in [2.75, 3.05) is 5.32 Å². The van der Waals surface area contributed by atoms with Crippen molar-refractivity contribution < 1.29 is 5.11 Å². The molecule has 0 radical (unpaired) electrons. The SMILES string of the molecule is Cc1cccc(N[C@H]2CC[C@H](O)CC2)n1. The second kappa shape index (κ2) is 4.62. The van der Waals surface area contributed by atoms with Gasteiger partial charge in [-0.05, 0) is 44.7 Å². The van der Waals surface area contributed by atoms with Gasteiger partial charge in [0, 0.05) is 11.7 Å². The lowest BCUT2D eigenvalue weighted by atomic mass is 9.93. The highest BCUT2D eigenvalue weighted by Gasteiger charge is 2.19. The summed E-state index contributed by atoms with van der Waals surface area (Å²) in [4.78, 5) is 4.41. The average Bonchev–Trinajstić information content (AvgIpc) is 2.22. The second-order valence-electron chi connectivity index (χ2n) is 4.31. The van der Waals surface area contributed by atoms with Crippen LogP contribution in [-0.4, -0.2) is 22.2 Å². The summed E-state index contributed by atoms with van der Waals surface area (Å²) in [5.41, 5.74) is 1.04. The largest absolute Gasteiger partial charge is 0.393 e. The zero-order chi connectivity index (χ0) is 10.7. The van der Waals surface area contributed by atoms with Crippen molar-refractivity contribution in [2.45, 2.75) is 44.8 Å². The van der Waals surface area contributed by atoms with Gasteiger partial charge in [0.1, 0.15) is 5.82 Å². The fourth-order valence-electron chi connectivity index (χ4n) is 2.05. The van der Waals surface area contributed by atoms with Crippen LogP contribution in [-0.2, 0) is 0 Å². The number of nitrogens with one attached hydrogen (secondary N) is 1. The third kappa shape index (κ3) is 2.93. The fourth-order valence-corrected chi connectivity index (χ4v) is 2.05. The lowest BCUT2D eigenvalue weighted by molar-refractivity contribution is 0.126. The summed E-state index contributed by atoms with van der Waals surface area (Å²) < 4.78 is 0.